The van der Waals surface area contributed by atoms with Crippen LogP contribution in [0.25, 0.3) is 0 Å². The molecule has 1 aromatic rings. The average Bonchev–Trinajstić information content (AvgIpc) is 2.35. The molecule has 1 aliphatic carbocycles. The zero-order valence-corrected chi connectivity index (χ0v) is 12.0. The molecular weight excluding hydrogens is 268 g/mol. The second-order valence-corrected chi connectivity index (χ2v) is 7.65. The predicted molar refractivity (Wildman–Crippen MR) is 72.2 cm³/mol. The summed E-state index contributed by atoms with van der Waals surface area (Å²) in [5, 5.41) is -0.200. The minimum Gasteiger partial charge on any atom is -0.327 e. The summed E-state index contributed by atoms with van der Waals surface area (Å²) in [4.78, 5) is 0.317. The third-order valence-corrected chi connectivity index (χ3v) is 5.57. The fourth-order valence-electron chi connectivity index (χ4n) is 2.55. The maximum Gasteiger partial charge on any atom is 0.160 e. The first-order valence-electron chi connectivity index (χ1n) is 6.41. The third-order valence-electron chi connectivity index (χ3n) is 3.78. The Labute approximate surface area is 114 Å². The summed E-state index contributed by atoms with van der Waals surface area (Å²) in [5.41, 5.74) is 6.14. The van der Waals surface area contributed by atoms with Crippen LogP contribution in [0, 0.1) is 17.0 Å². The van der Waals surface area contributed by atoms with Crippen molar-refractivity contribution in [3.63, 3.8) is 0 Å². The molecule has 1 saturated carbocycles. The van der Waals surface area contributed by atoms with E-state index in [0.29, 0.717) is 4.90 Å². The van der Waals surface area contributed by atoms with Crippen LogP contribution >= 0.6 is 0 Å². The third kappa shape index (κ3) is 3.20. The number of rotatable bonds is 2. The van der Waals surface area contributed by atoms with Gasteiger partial charge in [-0.15, -0.1) is 0 Å². The van der Waals surface area contributed by atoms with Crippen molar-refractivity contribution in [1.82, 2.24) is 0 Å². The van der Waals surface area contributed by atoms with Gasteiger partial charge in [0.1, 0.15) is 0 Å². The van der Waals surface area contributed by atoms with E-state index in [4.69, 9.17) is 5.73 Å². The largest absolute Gasteiger partial charge is 0.327 e. The Kier molecular flexibility index (Phi) is 4.06. The van der Waals surface area contributed by atoms with Crippen LogP contribution in [0.1, 0.15) is 33.1 Å². The van der Waals surface area contributed by atoms with Gasteiger partial charge in [-0.1, -0.05) is 13.8 Å². The van der Waals surface area contributed by atoms with Crippen molar-refractivity contribution in [3.05, 3.63) is 29.8 Å². The Morgan fingerprint density at radius 2 is 2.00 bits per heavy atom. The molecule has 0 heterocycles. The first kappa shape index (κ1) is 14.6. The molecule has 0 saturated heterocycles. The molecule has 1 fully saturated rings. The second-order valence-electron chi connectivity index (χ2n) is 5.98. The fourth-order valence-corrected chi connectivity index (χ4v) is 4.38. The number of hydrogen-bond acceptors (Lipinski definition) is 2. The first-order valence-corrected chi connectivity index (χ1v) is 7.63. The highest BCUT2D eigenvalue weighted by molar-refractivity contribution is 7.85. The van der Waals surface area contributed by atoms with E-state index >= 15 is 0 Å². The van der Waals surface area contributed by atoms with E-state index in [-0.39, 0.29) is 16.7 Å². The van der Waals surface area contributed by atoms with E-state index in [1.54, 1.807) is 0 Å². The molecule has 3 unspecified atom stereocenters. The Hall–Kier alpha value is -0.810. The Morgan fingerprint density at radius 1 is 1.32 bits per heavy atom. The lowest BCUT2D eigenvalue weighted by molar-refractivity contribution is 0.230. The summed E-state index contributed by atoms with van der Waals surface area (Å²) < 4.78 is 38.6. The highest BCUT2D eigenvalue weighted by atomic mass is 32.2. The van der Waals surface area contributed by atoms with Gasteiger partial charge >= 0.3 is 0 Å². The number of hydrogen-bond donors (Lipinski definition) is 1. The normalized spacial score (nSPS) is 28.1. The van der Waals surface area contributed by atoms with Crippen LogP contribution < -0.4 is 5.73 Å². The molecule has 2 nitrogen and oxygen atoms in total. The molecule has 1 aliphatic rings. The van der Waals surface area contributed by atoms with Crippen molar-refractivity contribution in [1.29, 1.82) is 0 Å². The fraction of sp³-hybridized carbons (Fsp3) is 0.571. The van der Waals surface area contributed by atoms with Gasteiger partial charge in [-0.3, -0.25) is 4.21 Å². The molecule has 0 amide bonds. The quantitative estimate of drug-likeness (QED) is 0.908. The highest BCUT2D eigenvalue weighted by Gasteiger charge is 2.36. The number of halogens is 2. The van der Waals surface area contributed by atoms with Crippen molar-refractivity contribution in [2.24, 2.45) is 11.1 Å². The minimum atomic E-state index is -1.40. The summed E-state index contributed by atoms with van der Waals surface area (Å²) in [5.74, 6) is -1.89. The zero-order valence-electron chi connectivity index (χ0n) is 11.2. The molecule has 1 aromatic carbocycles. The van der Waals surface area contributed by atoms with Crippen molar-refractivity contribution < 1.29 is 13.0 Å². The SMILES string of the molecule is CC1(C)CCC(N)C(S(=O)c2ccc(F)c(F)c2)C1. The van der Waals surface area contributed by atoms with Gasteiger partial charge in [0.05, 0.1) is 16.0 Å². The van der Waals surface area contributed by atoms with Gasteiger partial charge in [0.25, 0.3) is 0 Å². The summed E-state index contributed by atoms with van der Waals surface area (Å²) in [6.45, 7) is 4.24. The Bertz CT molecular complexity index is 504. The number of nitrogens with two attached hydrogens (primary N) is 1. The molecule has 0 aromatic heterocycles. The topological polar surface area (TPSA) is 43.1 Å². The lowest BCUT2D eigenvalue weighted by Gasteiger charge is -2.38. The van der Waals surface area contributed by atoms with Gasteiger partial charge < -0.3 is 5.73 Å². The van der Waals surface area contributed by atoms with Crippen molar-refractivity contribution in [2.75, 3.05) is 0 Å². The zero-order chi connectivity index (χ0) is 14.2. The lowest BCUT2D eigenvalue weighted by atomic mass is 9.75. The maximum atomic E-state index is 13.2. The van der Waals surface area contributed by atoms with Crippen LogP contribution in [0.5, 0.6) is 0 Å². The summed E-state index contributed by atoms with van der Waals surface area (Å²) in [7, 11) is -1.40. The van der Waals surface area contributed by atoms with E-state index in [1.807, 2.05) is 0 Å². The van der Waals surface area contributed by atoms with Gasteiger partial charge in [0.15, 0.2) is 11.6 Å². The van der Waals surface area contributed by atoms with Gasteiger partial charge in [-0.05, 0) is 42.9 Å². The molecule has 0 radical (unpaired) electrons. The standard InChI is InChI=1S/C14H19F2NOS/c1-14(2)6-5-12(17)13(8-14)19(18)9-3-4-10(15)11(16)7-9/h3-4,7,12-13H,5-6,8,17H2,1-2H3. The van der Waals surface area contributed by atoms with E-state index in [1.165, 1.54) is 6.07 Å². The van der Waals surface area contributed by atoms with Gasteiger partial charge in [0.2, 0.25) is 0 Å². The van der Waals surface area contributed by atoms with E-state index < -0.39 is 22.4 Å². The number of benzene rings is 1. The maximum absolute atomic E-state index is 13.2. The average molecular weight is 287 g/mol. The molecular formula is C14H19F2NOS. The van der Waals surface area contributed by atoms with Crippen LogP contribution in [0.15, 0.2) is 23.1 Å². The minimum absolute atomic E-state index is 0.0920. The summed E-state index contributed by atoms with van der Waals surface area (Å²) >= 11 is 0. The van der Waals surface area contributed by atoms with Crippen molar-refractivity contribution >= 4 is 10.8 Å². The summed E-state index contributed by atoms with van der Waals surface area (Å²) in [6.07, 6.45) is 2.55. The van der Waals surface area contributed by atoms with Crippen molar-refractivity contribution in [2.45, 2.75) is 49.3 Å². The molecule has 5 heteroatoms. The van der Waals surface area contributed by atoms with Crippen LogP contribution in [-0.4, -0.2) is 15.5 Å². The van der Waals surface area contributed by atoms with E-state index in [2.05, 4.69) is 13.8 Å². The van der Waals surface area contributed by atoms with Crippen molar-refractivity contribution in [3.8, 4) is 0 Å². The van der Waals surface area contributed by atoms with Gasteiger partial charge in [-0.25, -0.2) is 8.78 Å². The first-order chi connectivity index (χ1) is 8.80. The molecule has 2 N–H and O–H groups in total. The second kappa shape index (κ2) is 5.29. The Balaban J connectivity index is 2.24. The van der Waals surface area contributed by atoms with Crippen LogP contribution in [0.2, 0.25) is 0 Å². The van der Waals surface area contributed by atoms with E-state index in [0.717, 1.165) is 31.4 Å². The van der Waals surface area contributed by atoms with Crippen LogP contribution in [-0.2, 0) is 10.8 Å². The predicted octanol–water partition coefficient (Wildman–Crippen LogP) is 2.98. The monoisotopic (exact) mass is 287 g/mol. The smallest absolute Gasteiger partial charge is 0.160 e. The van der Waals surface area contributed by atoms with Gasteiger partial charge in [0, 0.05) is 10.9 Å². The molecule has 19 heavy (non-hydrogen) atoms. The molecule has 0 bridgehead atoms. The molecule has 0 aliphatic heterocycles. The van der Waals surface area contributed by atoms with Crippen LogP contribution in [0.3, 0.4) is 0 Å². The molecule has 2 rings (SSSR count). The van der Waals surface area contributed by atoms with Gasteiger partial charge in [-0.2, -0.15) is 0 Å². The lowest BCUT2D eigenvalue weighted by Crippen LogP contribution is -2.45. The molecule has 3 atom stereocenters. The Morgan fingerprint density at radius 3 is 2.63 bits per heavy atom. The molecule has 0 spiro atoms. The summed E-state index contributed by atoms with van der Waals surface area (Å²) in [6, 6.07) is 3.26. The molecule has 106 valence electrons. The van der Waals surface area contributed by atoms with Crippen LogP contribution in [0.4, 0.5) is 8.78 Å². The van der Waals surface area contributed by atoms with E-state index in [9.17, 15) is 13.0 Å². The highest BCUT2D eigenvalue weighted by Crippen LogP contribution is 2.38.